The van der Waals surface area contributed by atoms with E-state index in [1.54, 1.807) is 5.57 Å². The molecule has 0 radical (unpaired) electrons. The Kier molecular flexibility index (Phi) is 5.96. The smallest absolute Gasteiger partial charge is 0.143 e. The molecule has 0 heterocycles. The molecule has 4 aliphatic carbocycles. The summed E-state index contributed by atoms with van der Waals surface area (Å²) in [5, 5.41) is 10.3. The first-order valence-corrected chi connectivity index (χ1v) is 13.3. The fraction of sp³-hybridized carbons (Fsp3) is 0.800. The van der Waals surface area contributed by atoms with Crippen LogP contribution in [0.2, 0.25) is 0 Å². The number of carbonyl (C=O) groups excluding carboxylic acids is 2. The number of ketones is 2. The second kappa shape index (κ2) is 7.90. The third-order valence-electron chi connectivity index (χ3n) is 11.5. The van der Waals surface area contributed by atoms with Crippen LogP contribution in [-0.4, -0.2) is 22.8 Å². The Bertz CT molecular complexity index is 910. The molecule has 1 N–H and O–H groups in total. The topological polar surface area (TPSA) is 54.4 Å². The second-order valence-corrected chi connectivity index (χ2v) is 13.3. The van der Waals surface area contributed by atoms with Gasteiger partial charge in [-0.1, -0.05) is 64.8 Å². The van der Waals surface area contributed by atoms with E-state index < -0.39 is 6.10 Å². The number of hydrogen-bond donors (Lipinski definition) is 1. The molecule has 4 rings (SSSR count). The van der Waals surface area contributed by atoms with E-state index in [0.717, 1.165) is 50.5 Å². The van der Waals surface area contributed by atoms with Gasteiger partial charge in [-0.15, -0.1) is 0 Å². The summed E-state index contributed by atoms with van der Waals surface area (Å²) in [6.07, 6.45) is 7.61. The summed E-state index contributed by atoms with van der Waals surface area (Å²) in [5.41, 5.74) is 3.08. The van der Waals surface area contributed by atoms with Gasteiger partial charge >= 0.3 is 0 Å². The van der Waals surface area contributed by atoms with E-state index in [4.69, 9.17) is 0 Å². The highest BCUT2D eigenvalue weighted by molar-refractivity contribution is 5.92. The number of aliphatic hydroxyl groups excluding tert-OH is 1. The standard InChI is InChI=1S/C30H46O3/c1-18(2)23(31)11-9-19(3)20-13-16-29(7)21-10-12-24-27(4,5)25(32)14-15-28(24,6)22(21)17-26(33)30(20,29)8/h19-20,23-24,31H,1,9-17H2,2-8H3/t19-,20-,23?,24+,28-,29+,30+/m1/s1. The van der Waals surface area contributed by atoms with E-state index in [2.05, 4.69) is 48.1 Å². The van der Waals surface area contributed by atoms with Gasteiger partial charge in [0, 0.05) is 29.1 Å². The summed E-state index contributed by atoms with van der Waals surface area (Å²) in [6.45, 7) is 19.4. The van der Waals surface area contributed by atoms with Crippen LogP contribution in [0.15, 0.2) is 23.3 Å². The average Bonchev–Trinajstić information content (AvgIpc) is 3.03. The number of aliphatic hydroxyl groups is 1. The fourth-order valence-electron chi connectivity index (χ4n) is 9.05. The number of rotatable bonds is 5. The SMILES string of the molecule is C=C(C)C(O)CC[C@@H](C)[C@H]1CC[C@@]2(C)C3=C(CC(=O)[C@]12C)[C@@]1(C)CCC(=O)C(C)(C)[C@@H]1CC3. The molecule has 33 heavy (non-hydrogen) atoms. The number of allylic oxidation sites excluding steroid dienone is 2. The third kappa shape index (κ3) is 3.31. The van der Waals surface area contributed by atoms with Crippen LogP contribution >= 0.6 is 0 Å². The van der Waals surface area contributed by atoms with Gasteiger partial charge in [-0.3, -0.25) is 9.59 Å². The highest BCUT2D eigenvalue weighted by Crippen LogP contribution is 2.71. The molecule has 184 valence electrons. The molecule has 0 spiro atoms. The molecule has 0 bridgehead atoms. The van der Waals surface area contributed by atoms with Crippen molar-refractivity contribution >= 4 is 11.6 Å². The van der Waals surface area contributed by atoms with Crippen molar-refractivity contribution in [1.29, 1.82) is 0 Å². The lowest BCUT2D eigenvalue weighted by atomic mass is 9.43. The van der Waals surface area contributed by atoms with E-state index >= 15 is 0 Å². The first-order valence-electron chi connectivity index (χ1n) is 13.3. The minimum absolute atomic E-state index is 0.0275. The van der Waals surface area contributed by atoms with Gasteiger partial charge in [0.2, 0.25) is 0 Å². The summed E-state index contributed by atoms with van der Waals surface area (Å²) in [5.74, 6) is 1.92. The van der Waals surface area contributed by atoms with Crippen molar-refractivity contribution in [3.8, 4) is 0 Å². The van der Waals surface area contributed by atoms with E-state index in [0.29, 0.717) is 42.2 Å². The Morgan fingerprint density at radius 3 is 2.30 bits per heavy atom. The summed E-state index contributed by atoms with van der Waals surface area (Å²) in [7, 11) is 0. The molecular weight excluding hydrogens is 408 g/mol. The largest absolute Gasteiger partial charge is 0.389 e. The van der Waals surface area contributed by atoms with Gasteiger partial charge < -0.3 is 5.11 Å². The zero-order valence-corrected chi connectivity index (χ0v) is 22.1. The molecule has 4 aliphatic rings. The molecule has 0 aromatic heterocycles. The predicted octanol–water partition coefficient (Wildman–Crippen LogP) is 6.84. The van der Waals surface area contributed by atoms with Crippen molar-refractivity contribution in [3.05, 3.63) is 23.3 Å². The molecule has 7 atom stereocenters. The summed E-state index contributed by atoms with van der Waals surface area (Å²) < 4.78 is 0. The van der Waals surface area contributed by atoms with Gasteiger partial charge in [0.1, 0.15) is 11.6 Å². The van der Waals surface area contributed by atoms with Crippen LogP contribution in [0.1, 0.15) is 106 Å². The van der Waals surface area contributed by atoms with Gasteiger partial charge in [-0.25, -0.2) is 0 Å². The molecule has 1 unspecified atom stereocenters. The average molecular weight is 455 g/mol. The highest BCUT2D eigenvalue weighted by Gasteiger charge is 2.66. The third-order valence-corrected chi connectivity index (χ3v) is 11.5. The molecule has 3 nitrogen and oxygen atoms in total. The number of hydrogen-bond acceptors (Lipinski definition) is 3. The Morgan fingerprint density at radius 1 is 1.00 bits per heavy atom. The maximum absolute atomic E-state index is 14.1. The Hall–Kier alpha value is -1.22. The minimum atomic E-state index is -0.447. The fourth-order valence-corrected chi connectivity index (χ4v) is 9.05. The first kappa shape index (κ1) is 24.9. The minimum Gasteiger partial charge on any atom is -0.389 e. The van der Waals surface area contributed by atoms with E-state index in [9.17, 15) is 14.7 Å². The van der Waals surface area contributed by atoms with Crippen LogP contribution in [-0.2, 0) is 9.59 Å². The van der Waals surface area contributed by atoms with Crippen molar-refractivity contribution < 1.29 is 14.7 Å². The van der Waals surface area contributed by atoms with Crippen LogP contribution in [0.4, 0.5) is 0 Å². The van der Waals surface area contributed by atoms with Crippen molar-refractivity contribution in [1.82, 2.24) is 0 Å². The molecule has 0 amide bonds. The van der Waals surface area contributed by atoms with Crippen LogP contribution in [0.25, 0.3) is 0 Å². The number of fused-ring (bicyclic) bond motifs is 4. The van der Waals surface area contributed by atoms with Crippen molar-refractivity contribution in [3.63, 3.8) is 0 Å². The monoisotopic (exact) mass is 454 g/mol. The van der Waals surface area contributed by atoms with E-state index in [1.165, 1.54) is 5.57 Å². The molecule has 3 heteroatoms. The molecule has 0 aliphatic heterocycles. The van der Waals surface area contributed by atoms with E-state index in [1.807, 2.05) is 6.92 Å². The number of Topliss-reactive ketones (excluding diaryl/α,β-unsaturated/α-hetero) is 2. The Labute approximate surface area is 201 Å². The molecule has 2 fully saturated rings. The van der Waals surface area contributed by atoms with Crippen molar-refractivity contribution in [2.75, 3.05) is 0 Å². The summed E-state index contributed by atoms with van der Waals surface area (Å²) in [6, 6.07) is 0. The zero-order chi connectivity index (χ0) is 24.6. The van der Waals surface area contributed by atoms with Gasteiger partial charge in [0.15, 0.2) is 0 Å². The van der Waals surface area contributed by atoms with Gasteiger partial charge in [0.05, 0.1) is 6.10 Å². The van der Waals surface area contributed by atoms with Gasteiger partial charge in [0.25, 0.3) is 0 Å². The maximum Gasteiger partial charge on any atom is 0.143 e. The van der Waals surface area contributed by atoms with Crippen molar-refractivity contribution in [2.45, 2.75) is 112 Å². The first-order chi connectivity index (χ1) is 15.2. The molecule has 0 aromatic carbocycles. The lowest BCUT2D eigenvalue weighted by molar-refractivity contribution is -0.143. The number of carbonyl (C=O) groups is 2. The quantitative estimate of drug-likeness (QED) is 0.463. The van der Waals surface area contributed by atoms with Crippen molar-refractivity contribution in [2.24, 2.45) is 39.4 Å². The Balaban J connectivity index is 1.69. The highest BCUT2D eigenvalue weighted by atomic mass is 16.3. The van der Waals surface area contributed by atoms with Gasteiger partial charge in [-0.05, 0) is 75.0 Å². The predicted molar refractivity (Wildman–Crippen MR) is 134 cm³/mol. The lowest BCUT2D eigenvalue weighted by Gasteiger charge is -2.60. The van der Waals surface area contributed by atoms with E-state index in [-0.39, 0.29) is 21.7 Å². The molecular formula is C30H46O3. The molecule has 2 saturated carbocycles. The summed E-state index contributed by atoms with van der Waals surface area (Å²) >= 11 is 0. The lowest BCUT2D eigenvalue weighted by Crippen LogP contribution is -2.56. The second-order valence-electron chi connectivity index (χ2n) is 13.3. The zero-order valence-electron chi connectivity index (χ0n) is 22.1. The normalized spacial score (nSPS) is 41.8. The summed E-state index contributed by atoms with van der Waals surface area (Å²) in [4.78, 5) is 26.9. The molecule has 0 aromatic rings. The Morgan fingerprint density at radius 2 is 1.67 bits per heavy atom. The van der Waals surface area contributed by atoms with Gasteiger partial charge in [-0.2, -0.15) is 0 Å². The van der Waals surface area contributed by atoms with Crippen LogP contribution in [0.3, 0.4) is 0 Å². The van der Waals surface area contributed by atoms with Crippen LogP contribution in [0.5, 0.6) is 0 Å². The maximum atomic E-state index is 14.1. The molecule has 0 saturated heterocycles. The van der Waals surface area contributed by atoms with Crippen LogP contribution < -0.4 is 0 Å². The van der Waals surface area contributed by atoms with Crippen LogP contribution in [0, 0.1) is 39.4 Å².